The second-order valence-corrected chi connectivity index (χ2v) is 7.40. The lowest BCUT2D eigenvalue weighted by Gasteiger charge is -2.16. The molecule has 0 aromatic heterocycles. The van der Waals surface area contributed by atoms with Crippen molar-refractivity contribution in [3.8, 4) is 0 Å². The van der Waals surface area contributed by atoms with Gasteiger partial charge in [0, 0.05) is 44.7 Å². The number of nitrogens with zero attached hydrogens (tertiary/aromatic N) is 2. The van der Waals surface area contributed by atoms with Crippen LogP contribution in [-0.4, -0.2) is 36.9 Å². The number of rotatable bonds is 7. The highest BCUT2D eigenvalue weighted by Crippen LogP contribution is 2.15. The van der Waals surface area contributed by atoms with Gasteiger partial charge in [-0.05, 0) is 41.7 Å². The first-order valence-electron chi connectivity index (χ1n) is 9.68. The van der Waals surface area contributed by atoms with E-state index in [9.17, 15) is 4.79 Å². The summed E-state index contributed by atoms with van der Waals surface area (Å²) in [6.07, 6.45) is 2.54. The Morgan fingerprint density at radius 3 is 2.57 bits per heavy atom. The number of carbonyl (C=O) groups is 1. The van der Waals surface area contributed by atoms with Crippen molar-refractivity contribution in [1.82, 2.24) is 15.5 Å². The molecule has 3 rings (SSSR count). The van der Waals surface area contributed by atoms with Gasteiger partial charge in [-0.3, -0.25) is 9.79 Å². The van der Waals surface area contributed by atoms with Crippen LogP contribution in [0.25, 0.3) is 0 Å². The number of hydrogen-bond donors (Lipinski definition) is 2. The van der Waals surface area contributed by atoms with E-state index in [2.05, 4.69) is 46.0 Å². The van der Waals surface area contributed by atoms with Gasteiger partial charge in [0.15, 0.2) is 5.96 Å². The standard InChI is InChI=1S/C22H27ClN4O/c1-24-22(25-12-11-17-4-2-5-20(23)14-17)26-15-18-7-9-19(10-8-18)16-27-13-3-6-21(27)28/h2,4-5,7-10,14H,3,6,11-13,15-16H2,1H3,(H2,24,25,26). The molecular weight excluding hydrogens is 372 g/mol. The summed E-state index contributed by atoms with van der Waals surface area (Å²) in [7, 11) is 1.77. The lowest BCUT2D eigenvalue weighted by molar-refractivity contribution is -0.128. The van der Waals surface area contributed by atoms with Crippen LogP contribution < -0.4 is 10.6 Å². The molecule has 1 heterocycles. The Kier molecular flexibility index (Phi) is 7.31. The van der Waals surface area contributed by atoms with Crippen molar-refractivity contribution in [2.24, 2.45) is 4.99 Å². The third-order valence-electron chi connectivity index (χ3n) is 4.85. The monoisotopic (exact) mass is 398 g/mol. The summed E-state index contributed by atoms with van der Waals surface area (Å²) in [6, 6.07) is 16.3. The number of hydrogen-bond acceptors (Lipinski definition) is 2. The Hall–Kier alpha value is -2.53. The fraction of sp³-hybridized carbons (Fsp3) is 0.364. The second kappa shape index (κ2) is 10.1. The van der Waals surface area contributed by atoms with Crippen LogP contribution in [0.5, 0.6) is 0 Å². The van der Waals surface area contributed by atoms with Crippen LogP contribution in [-0.2, 0) is 24.3 Å². The first-order chi connectivity index (χ1) is 13.6. The van der Waals surface area contributed by atoms with E-state index in [0.29, 0.717) is 19.5 Å². The summed E-state index contributed by atoms with van der Waals surface area (Å²) in [4.78, 5) is 17.9. The van der Waals surface area contributed by atoms with Gasteiger partial charge < -0.3 is 15.5 Å². The van der Waals surface area contributed by atoms with Crippen molar-refractivity contribution in [1.29, 1.82) is 0 Å². The minimum Gasteiger partial charge on any atom is -0.356 e. The number of aliphatic imine (C=N–C) groups is 1. The number of amides is 1. The van der Waals surface area contributed by atoms with Crippen LogP contribution >= 0.6 is 11.6 Å². The molecule has 2 aromatic rings. The van der Waals surface area contributed by atoms with Crippen LogP contribution in [0.3, 0.4) is 0 Å². The molecule has 1 aliphatic rings. The zero-order valence-electron chi connectivity index (χ0n) is 16.2. The van der Waals surface area contributed by atoms with Gasteiger partial charge in [-0.2, -0.15) is 0 Å². The summed E-state index contributed by atoms with van der Waals surface area (Å²) in [6.45, 7) is 3.06. The second-order valence-electron chi connectivity index (χ2n) is 6.97. The summed E-state index contributed by atoms with van der Waals surface area (Å²) < 4.78 is 0. The van der Waals surface area contributed by atoms with E-state index in [1.54, 1.807) is 7.05 Å². The largest absolute Gasteiger partial charge is 0.356 e. The van der Waals surface area contributed by atoms with E-state index in [1.165, 1.54) is 16.7 Å². The van der Waals surface area contributed by atoms with Gasteiger partial charge in [-0.1, -0.05) is 48.0 Å². The number of guanidine groups is 1. The van der Waals surface area contributed by atoms with Crippen molar-refractivity contribution >= 4 is 23.5 Å². The molecular formula is C22H27ClN4O. The molecule has 0 aliphatic carbocycles. The number of halogens is 1. The summed E-state index contributed by atoms with van der Waals surface area (Å²) in [5.74, 6) is 1.03. The van der Waals surface area contributed by atoms with Crippen LogP contribution in [0.1, 0.15) is 29.5 Å². The van der Waals surface area contributed by atoms with E-state index in [1.807, 2.05) is 23.1 Å². The minimum absolute atomic E-state index is 0.262. The Bertz CT molecular complexity index is 820. The van der Waals surface area contributed by atoms with Crippen LogP contribution in [0.2, 0.25) is 5.02 Å². The molecule has 0 atom stereocenters. The summed E-state index contributed by atoms with van der Waals surface area (Å²) in [5, 5.41) is 7.42. The van der Waals surface area contributed by atoms with Crippen molar-refractivity contribution in [2.45, 2.75) is 32.4 Å². The SMILES string of the molecule is CN=C(NCCc1cccc(Cl)c1)NCc1ccc(CN2CCCC2=O)cc1. The van der Waals surface area contributed by atoms with Crippen LogP contribution in [0, 0.1) is 0 Å². The van der Waals surface area contributed by atoms with Crippen LogP contribution in [0.15, 0.2) is 53.5 Å². The molecule has 6 heteroatoms. The third kappa shape index (κ3) is 5.99. The fourth-order valence-electron chi connectivity index (χ4n) is 3.28. The molecule has 2 N–H and O–H groups in total. The third-order valence-corrected chi connectivity index (χ3v) is 5.08. The van der Waals surface area contributed by atoms with Gasteiger partial charge in [0.25, 0.3) is 0 Å². The molecule has 28 heavy (non-hydrogen) atoms. The molecule has 0 radical (unpaired) electrons. The first kappa shape index (κ1) is 20.2. The number of likely N-dealkylation sites (tertiary alicyclic amines) is 1. The highest BCUT2D eigenvalue weighted by molar-refractivity contribution is 6.30. The maximum atomic E-state index is 11.7. The van der Waals surface area contributed by atoms with Crippen molar-refractivity contribution < 1.29 is 4.79 Å². The molecule has 1 fully saturated rings. The zero-order valence-corrected chi connectivity index (χ0v) is 17.0. The van der Waals surface area contributed by atoms with Crippen molar-refractivity contribution in [2.75, 3.05) is 20.1 Å². The number of carbonyl (C=O) groups excluding carboxylic acids is 1. The van der Waals surface area contributed by atoms with Gasteiger partial charge in [-0.15, -0.1) is 0 Å². The lowest BCUT2D eigenvalue weighted by atomic mass is 10.1. The van der Waals surface area contributed by atoms with E-state index in [0.717, 1.165) is 36.9 Å². The van der Waals surface area contributed by atoms with E-state index in [-0.39, 0.29) is 5.91 Å². The zero-order chi connectivity index (χ0) is 19.8. The Balaban J connectivity index is 1.42. The van der Waals surface area contributed by atoms with E-state index >= 15 is 0 Å². The molecule has 0 bridgehead atoms. The lowest BCUT2D eigenvalue weighted by Crippen LogP contribution is -2.37. The average Bonchev–Trinajstić information content (AvgIpc) is 3.10. The normalized spacial score (nSPS) is 14.4. The highest BCUT2D eigenvalue weighted by atomic mass is 35.5. The number of benzene rings is 2. The predicted octanol–water partition coefficient (Wildman–Crippen LogP) is 3.37. The first-order valence-corrected chi connectivity index (χ1v) is 10.1. The molecule has 148 valence electrons. The smallest absolute Gasteiger partial charge is 0.222 e. The Morgan fingerprint density at radius 1 is 1.11 bits per heavy atom. The quantitative estimate of drug-likeness (QED) is 0.555. The number of nitrogens with one attached hydrogen (secondary N) is 2. The van der Waals surface area contributed by atoms with Gasteiger partial charge in [0.05, 0.1) is 0 Å². The van der Waals surface area contributed by atoms with Crippen LogP contribution in [0.4, 0.5) is 0 Å². The maximum absolute atomic E-state index is 11.7. The maximum Gasteiger partial charge on any atom is 0.222 e. The molecule has 0 spiro atoms. The van der Waals surface area contributed by atoms with Crippen molar-refractivity contribution in [3.63, 3.8) is 0 Å². The van der Waals surface area contributed by atoms with E-state index < -0.39 is 0 Å². The van der Waals surface area contributed by atoms with Gasteiger partial charge >= 0.3 is 0 Å². The highest BCUT2D eigenvalue weighted by Gasteiger charge is 2.19. The Morgan fingerprint density at radius 2 is 1.89 bits per heavy atom. The predicted molar refractivity (Wildman–Crippen MR) is 114 cm³/mol. The topological polar surface area (TPSA) is 56.7 Å². The minimum atomic E-state index is 0.262. The van der Waals surface area contributed by atoms with Crippen molar-refractivity contribution in [3.05, 3.63) is 70.2 Å². The average molecular weight is 399 g/mol. The van der Waals surface area contributed by atoms with E-state index in [4.69, 9.17) is 11.6 Å². The fourth-order valence-corrected chi connectivity index (χ4v) is 3.49. The summed E-state index contributed by atoms with van der Waals surface area (Å²) >= 11 is 6.02. The molecule has 2 aromatic carbocycles. The molecule has 0 unspecified atom stereocenters. The molecule has 0 saturated carbocycles. The molecule has 5 nitrogen and oxygen atoms in total. The Labute approximate surface area is 171 Å². The van der Waals surface area contributed by atoms with Gasteiger partial charge in [0.2, 0.25) is 5.91 Å². The summed E-state index contributed by atoms with van der Waals surface area (Å²) in [5.41, 5.74) is 3.54. The van der Waals surface area contributed by atoms with Gasteiger partial charge in [0.1, 0.15) is 0 Å². The molecule has 1 aliphatic heterocycles. The molecule has 1 amide bonds. The van der Waals surface area contributed by atoms with Gasteiger partial charge in [-0.25, -0.2) is 0 Å². The molecule has 1 saturated heterocycles.